The van der Waals surface area contributed by atoms with E-state index in [4.69, 9.17) is 4.74 Å². The number of anilines is 3. The molecule has 0 saturated carbocycles. The number of ether oxygens (including phenoxy) is 1. The average molecular weight is 453 g/mol. The number of amides is 1. The zero-order chi connectivity index (χ0) is 23.1. The number of nitrogens with one attached hydrogen (secondary N) is 2. The van der Waals surface area contributed by atoms with Gasteiger partial charge in [0.15, 0.2) is 0 Å². The average Bonchev–Trinajstić information content (AvgIpc) is 3.05. The number of carbonyl (C=O) groups is 1. The van der Waals surface area contributed by atoms with Crippen LogP contribution in [0.2, 0.25) is 0 Å². The van der Waals surface area contributed by atoms with Gasteiger partial charge in [-0.2, -0.15) is 0 Å². The van der Waals surface area contributed by atoms with Crippen molar-refractivity contribution in [3.8, 4) is 5.75 Å². The Morgan fingerprint density at radius 1 is 1.26 bits per heavy atom. The maximum Gasteiger partial charge on any atom is 0.431 e. The van der Waals surface area contributed by atoms with Crippen LogP contribution in [0.25, 0.3) is 0 Å². The predicted molar refractivity (Wildman–Crippen MR) is 120 cm³/mol. The number of benzene rings is 1. The topological polar surface area (TPSA) is 136 Å². The highest BCUT2D eigenvalue weighted by molar-refractivity contribution is 7.18. The van der Waals surface area contributed by atoms with Gasteiger partial charge in [-0.3, -0.25) is 4.79 Å². The third kappa shape index (κ3) is 6.84. The van der Waals surface area contributed by atoms with Crippen LogP contribution in [-0.4, -0.2) is 60.7 Å². The van der Waals surface area contributed by atoms with Gasteiger partial charge in [0.1, 0.15) is 18.5 Å². The van der Waals surface area contributed by atoms with Crippen molar-refractivity contribution in [1.29, 1.82) is 0 Å². The second-order valence-electron chi connectivity index (χ2n) is 7.09. The van der Waals surface area contributed by atoms with Crippen molar-refractivity contribution in [3.05, 3.63) is 12.1 Å². The Balaban J connectivity index is 2.39. The van der Waals surface area contributed by atoms with Gasteiger partial charge in [0.2, 0.25) is 11.0 Å². The van der Waals surface area contributed by atoms with Crippen LogP contribution in [0.4, 0.5) is 27.3 Å². The number of hydrogen-bond acceptors (Lipinski definition) is 10. The van der Waals surface area contributed by atoms with E-state index >= 15 is 0 Å². The van der Waals surface area contributed by atoms with Crippen LogP contribution in [0.1, 0.15) is 20.8 Å². The molecule has 0 saturated heterocycles. The van der Waals surface area contributed by atoms with E-state index in [1.54, 1.807) is 56.8 Å². The number of aryl methyl sites for hydroxylation is 1. The Hall–Kier alpha value is -2.83. The summed E-state index contributed by atoms with van der Waals surface area (Å²) in [5.74, 6) is 0.321. The van der Waals surface area contributed by atoms with E-state index in [2.05, 4.69) is 26.0 Å². The first-order valence-electron chi connectivity index (χ1n) is 9.71. The molecular formula is C19H30N7O4S+. The molecule has 2 rings (SSSR count). The largest absolute Gasteiger partial charge is 0.495 e. The van der Waals surface area contributed by atoms with Gasteiger partial charge in [-0.15, -0.1) is 4.68 Å². The fourth-order valence-electron chi connectivity index (χ4n) is 2.82. The Morgan fingerprint density at radius 3 is 2.42 bits per heavy atom. The van der Waals surface area contributed by atoms with Gasteiger partial charge in [-0.05, 0) is 36.4 Å². The Labute approximate surface area is 185 Å². The van der Waals surface area contributed by atoms with Crippen LogP contribution in [0.5, 0.6) is 5.75 Å². The second-order valence-corrected chi connectivity index (χ2v) is 8.03. The summed E-state index contributed by atoms with van der Waals surface area (Å²) in [7, 11) is 5.03. The van der Waals surface area contributed by atoms with Crippen LogP contribution in [0, 0.1) is 0 Å². The van der Waals surface area contributed by atoms with Crippen LogP contribution in [-0.2, 0) is 11.8 Å². The van der Waals surface area contributed by atoms with Crippen molar-refractivity contribution in [2.45, 2.75) is 33.0 Å². The Kier molecular flexibility index (Phi) is 8.65. The zero-order valence-electron chi connectivity index (χ0n) is 18.6. The standard InChI is InChI=1S/C19H29N7O4S/c1-11(27)9-26(10-12(2)28)19-24-25(5)18(31-19)23-22-15-8-17(30-6)16(20-4)7-14(15)21-13(3)29/h7-8,11-12,27-28H,9-10H2,1-6H3,(H,20,21,29)/p+1. The molecule has 2 atom stereocenters. The minimum atomic E-state index is -0.587. The smallest absolute Gasteiger partial charge is 0.431 e. The number of nitrogens with zero attached hydrogens (tertiary/aromatic N) is 5. The number of methoxy groups -OCH3 is 1. The minimum absolute atomic E-state index is 0.235. The van der Waals surface area contributed by atoms with Crippen molar-refractivity contribution in [2.24, 2.45) is 17.3 Å². The first kappa shape index (κ1) is 24.4. The van der Waals surface area contributed by atoms with Gasteiger partial charge in [0.05, 0.1) is 35.8 Å². The number of aliphatic hydroxyl groups excluding tert-OH is 2. The number of hydrogen-bond donors (Lipinski definition) is 4. The third-order valence-electron chi connectivity index (χ3n) is 4.08. The molecule has 0 aliphatic heterocycles. The molecule has 0 aliphatic carbocycles. The number of azo groups is 1. The fourth-order valence-corrected chi connectivity index (χ4v) is 3.68. The van der Waals surface area contributed by atoms with E-state index in [0.29, 0.717) is 46.2 Å². The lowest BCUT2D eigenvalue weighted by atomic mass is 10.2. The summed E-state index contributed by atoms with van der Waals surface area (Å²) in [6.45, 7) is 5.41. The SMILES string of the molecule is CNc1cc(NC(C)=O)c(N=Nc2sc(N(CC(C)O)CC(C)O)n[n+]2C)cc1OC. The minimum Gasteiger partial charge on any atom is -0.495 e. The van der Waals surface area contributed by atoms with Crippen LogP contribution >= 0.6 is 11.3 Å². The molecule has 1 amide bonds. The molecule has 4 N–H and O–H groups in total. The normalized spacial score (nSPS) is 13.2. The van der Waals surface area contributed by atoms with Crippen LogP contribution < -0.4 is 25.0 Å². The van der Waals surface area contributed by atoms with Gasteiger partial charge >= 0.3 is 5.13 Å². The van der Waals surface area contributed by atoms with Crippen molar-refractivity contribution < 1.29 is 24.4 Å². The van der Waals surface area contributed by atoms with Gasteiger partial charge in [0.25, 0.3) is 0 Å². The lowest BCUT2D eigenvalue weighted by Crippen LogP contribution is -2.38. The van der Waals surface area contributed by atoms with E-state index in [1.807, 2.05) is 0 Å². The summed E-state index contributed by atoms with van der Waals surface area (Å²) in [6.07, 6.45) is -1.17. The first-order valence-corrected chi connectivity index (χ1v) is 10.5. The highest BCUT2D eigenvalue weighted by Gasteiger charge is 2.23. The highest BCUT2D eigenvalue weighted by atomic mass is 32.1. The third-order valence-corrected chi connectivity index (χ3v) is 5.13. The summed E-state index contributed by atoms with van der Waals surface area (Å²) in [5.41, 5.74) is 1.60. The first-order chi connectivity index (χ1) is 14.6. The Bertz CT molecular complexity index is 920. The molecule has 1 aromatic heterocycles. The number of rotatable bonds is 10. The molecule has 0 bridgehead atoms. The molecule has 0 radical (unpaired) electrons. The van der Waals surface area contributed by atoms with E-state index in [1.165, 1.54) is 18.3 Å². The van der Waals surface area contributed by atoms with E-state index in [-0.39, 0.29) is 5.91 Å². The van der Waals surface area contributed by atoms with Crippen molar-refractivity contribution >= 4 is 44.6 Å². The summed E-state index contributed by atoms with van der Waals surface area (Å²) >= 11 is 1.27. The maximum atomic E-state index is 11.6. The monoisotopic (exact) mass is 452 g/mol. The number of aliphatic hydroxyl groups is 2. The quantitative estimate of drug-likeness (QED) is 0.320. The van der Waals surface area contributed by atoms with Crippen LogP contribution in [0.3, 0.4) is 0 Å². The summed E-state index contributed by atoms with van der Waals surface area (Å²) in [4.78, 5) is 13.4. The molecule has 0 fully saturated rings. The van der Waals surface area contributed by atoms with E-state index in [0.717, 1.165) is 0 Å². The molecule has 2 unspecified atom stereocenters. The zero-order valence-corrected chi connectivity index (χ0v) is 19.4. The molecule has 170 valence electrons. The fraction of sp³-hybridized carbons (Fsp3) is 0.526. The summed E-state index contributed by atoms with van der Waals surface area (Å²) in [6, 6.07) is 3.40. The summed E-state index contributed by atoms with van der Waals surface area (Å²) < 4.78 is 6.94. The lowest BCUT2D eigenvalue weighted by molar-refractivity contribution is -0.712. The predicted octanol–water partition coefficient (Wildman–Crippen LogP) is 1.96. The maximum absolute atomic E-state index is 11.6. The molecule has 2 aromatic rings. The van der Waals surface area contributed by atoms with Crippen molar-refractivity contribution in [2.75, 3.05) is 42.8 Å². The summed E-state index contributed by atoms with van der Waals surface area (Å²) in [5, 5.41) is 39.5. The molecule has 11 nitrogen and oxygen atoms in total. The molecule has 0 spiro atoms. The lowest BCUT2D eigenvalue weighted by Gasteiger charge is -2.23. The van der Waals surface area contributed by atoms with E-state index in [9.17, 15) is 15.0 Å². The van der Waals surface area contributed by atoms with Gasteiger partial charge in [-0.1, -0.05) is 5.10 Å². The molecule has 1 aromatic carbocycles. The molecule has 31 heavy (non-hydrogen) atoms. The van der Waals surface area contributed by atoms with Gasteiger partial charge in [-0.25, -0.2) is 0 Å². The Morgan fingerprint density at radius 2 is 1.90 bits per heavy atom. The van der Waals surface area contributed by atoms with Crippen LogP contribution in [0.15, 0.2) is 22.4 Å². The molecule has 0 aliphatic rings. The number of carbonyl (C=O) groups excluding carboxylic acids is 1. The highest BCUT2D eigenvalue weighted by Crippen LogP contribution is 2.37. The second kappa shape index (κ2) is 11.0. The van der Waals surface area contributed by atoms with Gasteiger partial charge < -0.3 is 30.5 Å². The van der Waals surface area contributed by atoms with Crippen molar-refractivity contribution in [1.82, 2.24) is 5.10 Å². The number of aromatic nitrogens is 2. The van der Waals surface area contributed by atoms with Gasteiger partial charge in [0, 0.05) is 33.1 Å². The molecular weight excluding hydrogens is 422 g/mol. The van der Waals surface area contributed by atoms with Crippen molar-refractivity contribution in [3.63, 3.8) is 0 Å². The van der Waals surface area contributed by atoms with E-state index < -0.39 is 12.2 Å². The molecule has 1 heterocycles. The molecule has 12 heteroatoms.